The first-order valence-corrected chi connectivity index (χ1v) is 45.2. The molecule has 12 heterocycles. The molecule has 0 bridgehead atoms. The zero-order valence-electron chi connectivity index (χ0n) is 71.6. The van der Waals surface area contributed by atoms with E-state index in [0.29, 0.717) is 0 Å². The molecule has 6 aliphatic heterocycles. The first kappa shape index (κ1) is 73.3. The monoisotopic (exact) mass is 1740 g/mol. The summed E-state index contributed by atoms with van der Waals surface area (Å²) in [5, 5.41) is 13.3. The molecule has 135 heavy (non-hydrogen) atoms. The highest BCUT2D eigenvalue weighted by molar-refractivity contribution is 6.22. The van der Waals surface area contributed by atoms with Crippen molar-refractivity contribution in [2.45, 2.75) is 0 Å². The summed E-state index contributed by atoms with van der Waals surface area (Å²) in [4.78, 5) is 6.87. The summed E-state index contributed by atoms with van der Waals surface area (Å²) in [5.41, 5.74) is 28.0. The van der Waals surface area contributed by atoms with Crippen LogP contribution >= 0.6 is 0 Å². The Kier molecular flexibility index (Phi) is 15.2. The van der Waals surface area contributed by atoms with Gasteiger partial charge in [0, 0.05) is 94.1 Å². The van der Waals surface area contributed by atoms with Crippen molar-refractivity contribution in [3.8, 4) is 108 Å². The van der Waals surface area contributed by atoms with Crippen LogP contribution < -0.4 is 43.1 Å². The molecule has 15 nitrogen and oxygen atoms in total. The van der Waals surface area contributed by atoms with Crippen molar-refractivity contribution >= 4 is 182 Å². The maximum Gasteiger partial charge on any atom is 0.176 e. The van der Waals surface area contributed by atoms with Crippen LogP contribution in [-0.2, 0) is 0 Å². The Labute approximate surface area is 768 Å². The fourth-order valence-corrected chi connectivity index (χ4v) is 21.7. The lowest BCUT2D eigenvalue weighted by Crippen LogP contribution is -2.15. The van der Waals surface area contributed by atoms with E-state index < -0.39 is 0 Å². The molecule has 20 aromatic carbocycles. The molecule has 0 spiro atoms. The Morgan fingerprint density at radius 2 is 0.504 bits per heavy atom. The summed E-state index contributed by atoms with van der Waals surface area (Å²) in [5.74, 6) is 9.68. The standard InChI is InChI=1S/2C42H24N2O3.C36H20N2O3/c1-2-9-25(10-3-1)26-19-21-27(22-20-26)43(31-13-7-15-34-38(31)30-11-4-5-14-33(30)45-34)32-24-23-29-28-12-6-16-35-39(28)44-40(29)42(32)47-37-18-8-17-36(46-35)41(37)44;1-2-8-25(9-3-1)26-16-18-27(19-17-26)43(28-20-21-30-29-10-4-5-12-34(29)45-38(30)24-28)33-23-22-32-31-11-6-13-35-39(31)44-40(32)42(33)47-37-15-7-14-36(46-35)41(37)44;1-2-8-21(9-3-1)37(22-16-17-29-26(18-22)24-10-4-5-12-28(24)39-29)23-19-27-25-11-6-13-30-34(25)38-35(27)33(20-23)41-32-15-7-14-31(40-30)36(32)38/h2*1-24H;1-20H. The molecule has 0 saturated carbocycles. The summed E-state index contributed by atoms with van der Waals surface area (Å²) in [6.45, 7) is 0. The van der Waals surface area contributed by atoms with Crippen molar-refractivity contribution < 1.29 is 41.7 Å². The Morgan fingerprint density at radius 3 is 1.07 bits per heavy atom. The predicted octanol–water partition coefficient (Wildman–Crippen LogP) is 34.4. The van der Waals surface area contributed by atoms with E-state index in [1.807, 2.05) is 133 Å². The van der Waals surface area contributed by atoms with Crippen LogP contribution in [0.2, 0.25) is 0 Å². The van der Waals surface area contributed by atoms with Crippen LogP contribution in [0.25, 0.3) is 171 Å². The van der Waals surface area contributed by atoms with E-state index in [4.69, 9.17) is 41.7 Å². The largest absolute Gasteiger partial charge is 0.456 e. The Hall–Kier alpha value is -18.6. The van der Waals surface area contributed by atoms with E-state index in [0.717, 1.165) is 280 Å². The van der Waals surface area contributed by atoms with E-state index in [-0.39, 0.29) is 0 Å². The number of fused-ring (bicyclic) bond motifs is 12. The first-order valence-electron chi connectivity index (χ1n) is 45.2. The van der Waals surface area contributed by atoms with Gasteiger partial charge in [0.05, 0.1) is 66.9 Å². The number of anilines is 9. The smallest absolute Gasteiger partial charge is 0.176 e. The zero-order chi connectivity index (χ0) is 87.9. The molecule has 0 unspecified atom stereocenters. The van der Waals surface area contributed by atoms with Crippen LogP contribution in [0.3, 0.4) is 0 Å². The van der Waals surface area contributed by atoms with E-state index in [1.165, 1.54) is 11.1 Å². The minimum Gasteiger partial charge on any atom is -0.456 e. The van der Waals surface area contributed by atoms with Crippen molar-refractivity contribution in [1.82, 2.24) is 13.7 Å². The van der Waals surface area contributed by atoms with Crippen LogP contribution in [0.1, 0.15) is 0 Å². The lowest BCUT2D eigenvalue weighted by molar-refractivity contribution is 0.444. The Bertz CT molecular complexity index is 9610. The molecule has 0 N–H and O–H groups in total. The van der Waals surface area contributed by atoms with Crippen LogP contribution in [0.4, 0.5) is 51.2 Å². The van der Waals surface area contributed by atoms with Crippen LogP contribution in [-0.4, -0.2) is 13.7 Å². The van der Waals surface area contributed by atoms with Gasteiger partial charge in [-0.1, -0.05) is 218 Å². The third-order valence-electron chi connectivity index (χ3n) is 27.4. The summed E-state index contributed by atoms with van der Waals surface area (Å²) >= 11 is 0. The van der Waals surface area contributed by atoms with Crippen LogP contribution in [0.15, 0.2) is 426 Å². The number of ether oxygens (including phenoxy) is 6. The van der Waals surface area contributed by atoms with Gasteiger partial charge in [-0.3, -0.25) is 13.7 Å². The fourth-order valence-electron chi connectivity index (χ4n) is 21.7. The van der Waals surface area contributed by atoms with E-state index in [9.17, 15) is 0 Å². The van der Waals surface area contributed by atoms with Crippen molar-refractivity contribution in [2.75, 3.05) is 14.7 Å². The lowest BCUT2D eigenvalue weighted by atomic mass is 10.0. The summed E-state index contributed by atoms with van der Waals surface area (Å²) in [6.07, 6.45) is 0. The molecule has 15 heteroatoms. The van der Waals surface area contributed by atoms with E-state index in [2.05, 4.69) is 307 Å². The molecular formula is C120H68N6O9. The van der Waals surface area contributed by atoms with Crippen LogP contribution in [0.5, 0.6) is 69.0 Å². The lowest BCUT2D eigenvalue weighted by Gasteiger charge is -2.32. The number of rotatable bonds is 11. The second-order valence-corrected chi connectivity index (χ2v) is 34.8. The van der Waals surface area contributed by atoms with Gasteiger partial charge in [-0.05, 0) is 204 Å². The minimum absolute atomic E-state index is 0.766. The van der Waals surface area contributed by atoms with Crippen molar-refractivity contribution in [3.05, 3.63) is 413 Å². The van der Waals surface area contributed by atoms with Gasteiger partial charge in [-0.15, -0.1) is 0 Å². The Balaban J connectivity index is 0.0000000967. The molecule has 0 atom stereocenters. The molecule has 26 aromatic rings. The van der Waals surface area contributed by atoms with Crippen molar-refractivity contribution in [2.24, 2.45) is 0 Å². The van der Waals surface area contributed by atoms with Gasteiger partial charge in [0.2, 0.25) is 0 Å². The van der Waals surface area contributed by atoms with Gasteiger partial charge in [-0.25, -0.2) is 0 Å². The molecule has 6 aromatic heterocycles. The highest BCUT2D eigenvalue weighted by atomic mass is 16.5. The molecule has 0 radical (unpaired) electrons. The van der Waals surface area contributed by atoms with E-state index >= 15 is 0 Å². The summed E-state index contributed by atoms with van der Waals surface area (Å²) < 4.78 is 65.5. The Morgan fingerprint density at radius 1 is 0.163 bits per heavy atom. The number of hydrogen-bond donors (Lipinski definition) is 0. The summed E-state index contributed by atoms with van der Waals surface area (Å²) in [6, 6.07) is 143. The zero-order valence-corrected chi connectivity index (χ0v) is 71.6. The highest BCUT2D eigenvalue weighted by Gasteiger charge is 2.39. The van der Waals surface area contributed by atoms with Gasteiger partial charge >= 0.3 is 0 Å². The average Bonchev–Trinajstić information content (AvgIpc) is 1.54. The van der Waals surface area contributed by atoms with Gasteiger partial charge < -0.3 is 56.4 Å². The quantitative estimate of drug-likeness (QED) is 0.123. The van der Waals surface area contributed by atoms with Crippen molar-refractivity contribution in [3.63, 3.8) is 0 Å². The highest BCUT2D eigenvalue weighted by Crippen LogP contribution is 2.62. The predicted molar refractivity (Wildman–Crippen MR) is 540 cm³/mol. The number of hydrogen-bond acceptors (Lipinski definition) is 12. The molecule has 0 fully saturated rings. The maximum atomic E-state index is 6.95. The summed E-state index contributed by atoms with van der Waals surface area (Å²) in [7, 11) is 0. The third kappa shape index (κ3) is 10.7. The van der Waals surface area contributed by atoms with Gasteiger partial charge in [0.15, 0.2) is 69.0 Å². The molecule has 32 rings (SSSR count). The van der Waals surface area contributed by atoms with Crippen molar-refractivity contribution in [1.29, 1.82) is 0 Å². The maximum absolute atomic E-state index is 6.95. The molecule has 0 amide bonds. The van der Waals surface area contributed by atoms with E-state index in [1.54, 1.807) is 0 Å². The minimum atomic E-state index is 0.766. The topological polar surface area (TPSA) is 119 Å². The number of nitrogens with zero attached hydrogens (tertiary/aromatic N) is 6. The van der Waals surface area contributed by atoms with Gasteiger partial charge in [0.1, 0.15) is 50.6 Å². The molecule has 632 valence electrons. The normalized spacial score (nSPS) is 12.7. The molecular weight excluding hydrogens is 1670 g/mol. The second-order valence-electron chi connectivity index (χ2n) is 34.8. The average molecular weight is 1740 g/mol. The fraction of sp³-hybridized carbons (Fsp3) is 0. The third-order valence-corrected chi connectivity index (χ3v) is 27.4. The SMILES string of the molecule is c1ccc(-c2ccc(N(c3ccc4c(c3)oc3ccccc34)c3ccc4c5cccc6c5n5c4c3Oc3cccc(c3-5)O6)cc2)cc1.c1ccc(-c2ccc(N(c3ccc4c5cccc6c5n5c4c3Oc3cccc(c3-5)O6)c3cccc4oc5ccccc5c34)cc2)cc1.c1ccc(N(c2ccc3oc4ccccc4c3c2)c2cc3c4c(c2)c2cccc5c2n4-c2c(cccc2O3)O5)cc1. The first-order chi connectivity index (χ1) is 66.9. The molecule has 6 aliphatic rings. The van der Waals surface area contributed by atoms with Gasteiger partial charge in [-0.2, -0.15) is 0 Å². The molecule has 0 aliphatic carbocycles. The molecule has 0 saturated heterocycles. The van der Waals surface area contributed by atoms with Crippen LogP contribution in [0, 0.1) is 0 Å². The number of aromatic nitrogens is 3. The number of furan rings is 3. The number of para-hydroxylation sites is 10. The second kappa shape index (κ2) is 28.0. The number of benzene rings is 20. The van der Waals surface area contributed by atoms with Gasteiger partial charge in [0.25, 0.3) is 0 Å².